The quantitative estimate of drug-likeness (QED) is 0.835. The molecule has 1 saturated heterocycles. The maximum absolute atomic E-state index is 13.1. The molecular formula is C22H33N3O3. The molecule has 6 nitrogen and oxygen atoms in total. The lowest BCUT2D eigenvalue weighted by Gasteiger charge is -2.59. The van der Waals surface area contributed by atoms with Gasteiger partial charge in [-0.15, -0.1) is 0 Å². The summed E-state index contributed by atoms with van der Waals surface area (Å²) in [6.45, 7) is 10.8. The molecule has 0 spiro atoms. The number of carbonyl (C=O) groups excluding carboxylic acids is 2. The molecule has 0 aromatic heterocycles. The first-order valence-corrected chi connectivity index (χ1v) is 10.2. The van der Waals surface area contributed by atoms with Crippen LogP contribution in [-0.4, -0.2) is 66.0 Å². The Morgan fingerprint density at radius 3 is 2.32 bits per heavy atom. The highest BCUT2D eigenvalue weighted by atomic mass is 16.5. The van der Waals surface area contributed by atoms with Gasteiger partial charge in [-0.1, -0.05) is 38.1 Å². The fraction of sp³-hybridized carbons (Fsp3) is 0.636. The van der Waals surface area contributed by atoms with Crippen LogP contribution in [0.25, 0.3) is 0 Å². The highest BCUT2D eigenvalue weighted by molar-refractivity contribution is 5.89. The van der Waals surface area contributed by atoms with E-state index in [1.807, 2.05) is 61.8 Å². The smallest absolute Gasteiger partial charge is 0.243 e. The average Bonchev–Trinajstić information content (AvgIpc) is 2.69. The molecular weight excluding hydrogens is 354 g/mol. The van der Waals surface area contributed by atoms with Crippen LogP contribution in [0.4, 0.5) is 0 Å². The molecule has 1 heterocycles. The van der Waals surface area contributed by atoms with Gasteiger partial charge >= 0.3 is 0 Å². The molecule has 1 aromatic carbocycles. The van der Waals surface area contributed by atoms with E-state index in [1.165, 1.54) is 0 Å². The molecule has 2 atom stereocenters. The Kier molecular flexibility index (Phi) is 5.82. The predicted octanol–water partition coefficient (Wildman–Crippen LogP) is 1.74. The minimum Gasteiger partial charge on any atom is -0.378 e. The van der Waals surface area contributed by atoms with E-state index in [9.17, 15) is 9.59 Å². The van der Waals surface area contributed by atoms with Crippen LogP contribution in [0.1, 0.15) is 38.3 Å². The lowest BCUT2D eigenvalue weighted by molar-refractivity contribution is -0.180. The van der Waals surface area contributed by atoms with Crippen molar-refractivity contribution in [1.29, 1.82) is 0 Å². The molecule has 0 radical (unpaired) electrons. The van der Waals surface area contributed by atoms with Gasteiger partial charge in [-0.25, -0.2) is 0 Å². The van der Waals surface area contributed by atoms with Crippen molar-refractivity contribution in [2.75, 3.05) is 32.8 Å². The number of ether oxygens (including phenoxy) is 1. The normalized spacial score (nSPS) is 26.7. The lowest BCUT2D eigenvalue weighted by atomic mass is 9.54. The summed E-state index contributed by atoms with van der Waals surface area (Å²) in [4.78, 5) is 29.5. The summed E-state index contributed by atoms with van der Waals surface area (Å²) in [5, 5.41) is 0. The first kappa shape index (κ1) is 20.8. The van der Waals surface area contributed by atoms with Crippen LogP contribution in [-0.2, 0) is 20.7 Å². The monoisotopic (exact) mass is 387 g/mol. The van der Waals surface area contributed by atoms with E-state index >= 15 is 0 Å². The third-order valence-corrected chi connectivity index (χ3v) is 6.73. The fourth-order valence-electron chi connectivity index (χ4n) is 4.32. The van der Waals surface area contributed by atoms with Gasteiger partial charge in [0.25, 0.3) is 0 Å². The molecule has 3 rings (SSSR count). The zero-order chi connectivity index (χ0) is 20.5. The van der Waals surface area contributed by atoms with Gasteiger partial charge in [0.1, 0.15) is 5.54 Å². The summed E-state index contributed by atoms with van der Waals surface area (Å²) in [5.74, 6) is 0.101. The number of nitrogens with zero attached hydrogens (tertiary/aromatic N) is 2. The Bertz CT molecular complexity index is 740. The van der Waals surface area contributed by atoms with Crippen molar-refractivity contribution in [3.63, 3.8) is 0 Å². The second-order valence-corrected chi connectivity index (χ2v) is 8.62. The van der Waals surface area contributed by atoms with E-state index in [-0.39, 0.29) is 17.9 Å². The molecule has 2 amide bonds. The highest BCUT2D eigenvalue weighted by Gasteiger charge is 2.63. The number of piperazine rings is 1. The van der Waals surface area contributed by atoms with E-state index in [4.69, 9.17) is 10.5 Å². The number of hydrogen-bond donors (Lipinski definition) is 1. The second-order valence-electron chi connectivity index (χ2n) is 8.62. The molecule has 2 fully saturated rings. The van der Waals surface area contributed by atoms with Gasteiger partial charge in [0.15, 0.2) is 0 Å². The Morgan fingerprint density at radius 2 is 1.75 bits per heavy atom. The SMILES string of the molecule is CCOC1CC(N)(C(=O)N2CCN(C(=O)Cc3ccccc3C)CC2)C1(C)C. The van der Waals surface area contributed by atoms with Gasteiger partial charge in [0.05, 0.1) is 12.5 Å². The highest BCUT2D eigenvalue weighted by Crippen LogP contribution is 2.50. The minimum atomic E-state index is -0.889. The molecule has 2 unspecified atom stereocenters. The molecule has 1 aliphatic carbocycles. The standard InChI is InChI=1S/C22H33N3O3/c1-5-28-18-15-22(23,21(18,3)4)20(27)25-12-10-24(11-13-25)19(26)14-17-9-7-6-8-16(17)2/h6-9,18H,5,10-15,23H2,1-4H3. The van der Waals surface area contributed by atoms with Crippen molar-refractivity contribution in [1.82, 2.24) is 9.80 Å². The maximum atomic E-state index is 13.1. The van der Waals surface area contributed by atoms with Crippen molar-refractivity contribution in [2.45, 2.75) is 52.2 Å². The van der Waals surface area contributed by atoms with Gasteiger partial charge in [0.2, 0.25) is 11.8 Å². The molecule has 1 aliphatic heterocycles. The largest absolute Gasteiger partial charge is 0.378 e. The average molecular weight is 388 g/mol. The Morgan fingerprint density at radius 1 is 1.14 bits per heavy atom. The zero-order valence-corrected chi connectivity index (χ0v) is 17.5. The first-order chi connectivity index (χ1) is 13.2. The number of benzene rings is 1. The Hall–Kier alpha value is -1.92. The van der Waals surface area contributed by atoms with E-state index in [1.54, 1.807) is 0 Å². The molecule has 6 heteroatoms. The Balaban J connectivity index is 1.56. The number of nitrogens with two attached hydrogens (primary N) is 1. The molecule has 0 bridgehead atoms. The number of amides is 2. The maximum Gasteiger partial charge on any atom is 0.243 e. The molecule has 1 saturated carbocycles. The van der Waals surface area contributed by atoms with Crippen LogP contribution in [0, 0.1) is 12.3 Å². The first-order valence-electron chi connectivity index (χ1n) is 10.2. The third-order valence-electron chi connectivity index (χ3n) is 6.73. The van der Waals surface area contributed by atoms with Gasteiger partial charge in [-0.05, 0) is 25.0 Å². The van der Waals surface area contributed by atoms with Gasteiger partial charge < -0.3 is 20.3 Å². The molecule has 154 valence electrons. The summed E-state index contributed by atoms with van der Waals surface area (Å²) in [5.41, 5.74) is 7.45. The minimum absolute atomic E-state index is 0.0144. The van der Waals surface area contributed by atoms with Crippen LogP contribution >= 0.6 is 0 Å². The van der Waals surface area contributed by atoms with E-state index in [0.717, 1.165) is 11.1 Å². The van der Waals surface area contributed by atoms with Crippen molar-refractivity contribution < 1.29 is 14.3 Å². The van der Waals surface area contributed by atoms with E-state index < -0.39 is 11.0 Å². The van der Waals surface area contributed by atoms with Gasteiger partial charge in [0, 0.05) is 44.6 Å². The summed E-state index contributed by atoms with van der Waals surface area (Å²) in [6.07, 6.45) is 0.979. The molecule has 28 heavy (non-hydrogen) atoms. The van der Waals surface area contributed by atoms with Crippen molar-refractivity contribution in [2.24, 2.45) is 11.1 Å². The number of carbonyl (C=O) groups is 2. The van der Waals surface area contributed by atoms with Crippen LogP contribution in [0.2, 0.25) is 0 Å². The van der Waals surface area contributed by atoms with Crippen LogP contribution in [0.3, 0.4) is 0 Å². The van der Waals surface area contributed by atoms with Crippen molar-refractivity contribution in [3.8, 4) is 0 Å². The Labute approximate surface area is 168 Å². The number of rotatable bonds is 5. The summed E-state index contributed by atoms with van der Waals surface area (Å²) in [6, 6.07) is 7.96. The van der Waals surface area contributed by atoms with Crippen LogP contribution in [0.5, 0.6) is 0 Å². The summed E-state index contributed by atoms with van der Waals surface area (Å²) >= 11 is 0. The summed E-state index contributed by atoms with van der Waals surface area (Å²) in [7, 11) is 0. The van der Waals surface area contributed by atoms with Gasteiger partial charge in [-0.2, -0.15) is 0 Å². The number of aryl methyl sites for hydroxylation is 1. The third kappa shape index (κ3) is 3.55. The topological polar surface area (TPSA) is 75.9 Å². The second kappa shape index (κ2) is 7.84. The molecule has 2 N–H and O–H groups in total. The van der Waals surface area contributed by atoms with Crippen molar-refractivity contribution >= 4 is 11.8 Å². The van der Waals surface area contributed by atoms with Crippen molar-refractivity contribution in [3.05, 3.63) is 35.4 Å². The van der Waals surface area contributed by atoms with E-state index in [2.05, 4.69) is 0 Å². The lowest BCUT2D eigenvalue weighted by Crippen LogP contribution is -2.76. The van der Waals surface area contributed by atoms with Gasteiger partial charge in [-0.3, -0.25) is 9.59 Å². The van der Waals surface area contributed by atoms with Crippen LogP contribution < -0.4 is 5.73 Å². The predicted molar refractivity (Wildman–Crippen MR) is 109 cm³/mol. The molecule has 1 aromatic rings. The molecule has 2 aliphatic rings. The van der Waals surface area contributed by atoms with Crippen LogP contribution in [0.15, 0.2) is 24.3 Å². The summed E-state index contributed by atoms with van der Waals surface area (Å²) < 4.78 is 5.74. The fourth-order valence-corrected chi connectivity index (χ4v) is 4.32. The van der Waals surface area contributed by atoms with E-state index in [0.29, 0.717) is 45.6 Å². The number of hydrogen-bond acceptors (Lipinski definition) is 4. The zero-order valence-electron chi connectivity index (χ0n) is 17.5.